The van der Waals surface area contributed by atoms with Gasteiger partial charge in [0.25, 0.3) is 0 Å². The SMILES string of the molecule is CC1CCCN(c2ccc(Cl)cc2NC(=O)CCn2cnnc2)C1. The molecule has 1 N–H and O–H groups in total. The third-order valence-electron chi connectivity index (χ3n) is 4.29. The average Bonchev–Trinajstić information content (AvgIpc) is 3.06. The molecule has 1 unspecified atom stereocenters. The minimum atomic E-state index is -0.0442. The van der Waals surface area contributed by atoms with E-state index in [2.05, 4.69) is 27.3 Å². The van der Waals surface area contributed by atoms with E-state index in [0.29, 0.717) is 23.9 Å². The number of carbonyl (C=O) groups is 1. The van der Waals surface area contributed by atoms with Gasteiger partial charge in [0.15, 0.2) is 0 Å². The molecule has 2 aromatic rings. The Morgan fingerprint density at radius 3 is 2.92 bits per heavy atom. The fourth-order valence-corrected chi connectivity index (χ4v) is 3.25. The third-order valence-corrected chi connectivity index (χ3v) is 4.53. The molecule has 0 spiro atoms. The van der Waals surface area contributed by atoms with Crippen LogP contribution in [0.25, 0.3) is 0 Å². The first kappa shape index (κ1) is 16.8. The molecule has 0 radical (unpaired) electrons. The van der Waals surface area contributed by atoms with Crippen LogP contribution in [-0.4, -0.2) is 33.8 Å². The molecule has 0 bridgehead atoms. The molecule has 1 aromatic heterocycles. The molecule has 7 heteroatoms. The van der Waals surface area contributed by atoms with E-state index in [1.165, 1.54) is 12.8 Å². The van der Waals surface area contributed by atoms with Gasteiger partial charge in [-0.05, 0) is 37.0 Å². The van der Waals surface area contributed by atoms with Crippen LogP contribution in [0.4, 0.5) is 11.4 Å². The number of halogens is 1. The van der Waals surface area contributed by atoms with Crippen LogP contribution in [0.3, 0.4) is 0 Å². The maximum atomic E-state index is 12.3. The summed E-state index contributed by atoms with van der Waals surface area (Å²) in [6.07, 6.45) is 6.00. The smallest absolute Gasteiger partial charge is 0.226 e. The molecule has 1 aromatic carbocycles. The number of nitrogens with one attached hydrogen (secondary N) is 1. The highest BCUT2D eigenvalue weighted by Crippen LogP contribution is 2.32. The Morgan fingerprint density at radius 1 is 1.38 bits per heavy atom. The van der Waals surface area contributed by atoms with Gasteiger partial charge < -0.3 is 14.8 Å². The Morgan fingerprint density at radius 2 is 2.17 bits per heavy atom. The lowest BCUT2D eigenvalue weighted by Gasteiger charge is -2.34. The number of rotatable bonds is 5. The van der Waals surface area contributed by atoms with Crippen LogP contribution in [0.15, 0.2) is 30.9 Å². The Bertz CT molecular complexity index is 688. The van der Waals surface area contributed by atoms with Crippen molar-refractivity contribution in [3.63, 3.8) is 0 Å². The summed E-state index contributed by atoms with van der Waals surface area (Å²) in [5.41, 5.74) is 1.83. The number of nitrogens with zero attached hydrogens (tertiary/aromatic N) is 4. The number of aryl methyl sites for hydroxylation is 1. The molecule has 6 nitrogen and oxygen atoms in total. The predicted octanol–water partition coefficient (Wildman–Crippen LogP) is 3.20. The van der Waals surface area contributed by atoms with Gasteiger partial charge in [-0.25, -0.2) is 0 Å². The highest BCUT2D eigenvalue weighted by molar-refractivity contribution is 6.31. The summed E-state index contributed by atoms with van der Waals surface area (Å²) in [5, 5.41) is 11.1. The third kappa shape index (κ3) is 4.26. The Kier molecular flexibility index (Phi) is 5.35. The van der Waals surface area contributed by atoms with Crippen LogP contribution < -0.4 is 10.2 Å². The van der Waals surface area contributed by atoms with Gasteiger partial charge in [0.1, 0.15) is 12.7 Å². The zero-order chi connectivity index (χ0) is 16.9. The van der Waals surface area contributed by atoms with Crippen LogP contribution >= 0.6 is 11.6 Å². The zero-order valence-corrected chi connectivity index (χ0v) is 14.5. The summed E-state index contributed by atoms with van der Waals surface area (Å²) in [4.78, 5) is 14.6. The molecule has 1 fully saturated rings. The topological polar surface area (TPSA) is 63.1 Å². The number of aromatic nitrogens is 3. The summed E-state index contributed by atoms with van der Waals surface area (Å²) in [7, 11) is 0. The lowest BCUT2D eigenvalue weighted by atomic mass is 9.99. The second-order valence-corrected chi connectivity index (χ2v) is 6.79. The van der Waals surface area contributed by atoms with Gasteiger partial charge >= 0.3 is 0 Å². The molecule has 1 atom stereocenters. The minimum Gasteiger partial charge on any atom is -0.370 e. The van der Waals surface area contributed by atoms with E-state index >= 15 is 0 Å². The van der Waals surface area contributed by atoms with E-state index in [1.54, 1.807) is 17.2 Å². The number of hydrogen-bond donors (Lipinski definition) is 1. The quantitative estimate of drug-likeness (QED) is 0.902. The van der Waals surface area contributed by atoms with Gasteiger partial charge in [-0.15, -0.1) is 10.2 Å². The molecule has 1 amide bonds. The van der Waals surface area contributed by atoms with Crippen LogP contribution in [0, 0.1) is 5.92 Å². The summed E-state index contributed by atoms with van der Waals surface area (Å²) < 4.78 is 1.78. The maximum absolute atomic E-state index is 12.3. The second kappa shape index (κ2) is 7.66. The fourth-order valence-electron chi connectivity index (χ4n) is 3.07. The van der Waals surface area contributed by atoms with Gasteiger partial charge in [-0.1, -0.05) is 18.5 Å². The van der Waals surface area contributed by atoms with Crippen molar-refractivity contribution in [1.29, 1.82) is 0 Å². The fraction of sp³-hybridized carbons (Fsp3) is 0.471. The van der Waals surface area contributed by atoms with Gasteiger partial charge in [0, 0.05) is 31.1 Å². The lowest BCUT2D eigenvalue weighted by Crippen LogP contribution is -2.34. The van der Waals surface area contributed by atoms with E-state index in [-0.39, 0.29) is 5.91 Å². The van der Waals surface area contributed by atoms with Gasteiger partial charge in [-0.3, -0.25) is 4.79 Å². The molecule has 24 heavy (non-hydrogen) atoms. The molecular weight excluding hydrogens is 326 g/mol. The van der Waals surface area contributed by atoms with Gasteiger partial charge in [0.05, 0.1) is 11.4 Å². The molecule has 0 saturated carbocycles. The van der Waals surface area contributed by atoms with E-state index in [4.69, 9.17) is 11.6 Å². The molecular formula is C17H22ClN5O. The molecule has 1 aliphatic heterocycles. The van der Waals surface area contributed by atoms with Crippen molar-refractivity contribution in [2.75, 3.05) is 23.3 Å². The number of amides is 1. The van der Waals surface area contributed by atoms with Crippen LogP contribution in [-0.2, 0) is 11.3 Å². The molecule has 1 saturated heterocycles. The molecule has 1 aliphatic rings. The number of hydrogen-bond acceptors (Lipinski definition) is 4. The first-order valence-electron chi connectivity index (χ1n) is 8.28. The Labute approximate surface area is 146 Å². The molecule has 3 rings (SSSR count). The van der Waals surface area contributed by atoms with Crippen LogP contribution in [0.1, 0.15) is 26.2 Å². The van der Waals surface area contributed by atoms with Crippen molar-refractivity contribution in [2.24, 2.45) is 5.92 Å². The van der Waals surface area contributed by atoms with Crippen molar-refractivity contribution >= 4 is 28.9 Å². The molecule has 2 heterocycles. The van der Waals surface area contributed by atoms with Crippen molar-refractivity contribution in [2.45, 2.75) is 32.7 Å². The second-order valence-electron chi connectivity index (χ2n) is 6.35. The van der Waals surface area contributed by atoms with Gasteiger partial charge in [0.2, 0.25) is 5.91 Å². The van der Waals surface area contributed by atoms with E-state index in [1.807, 2.05) is 18.2 Å². The summed E-state index contributed by atoms with van der Waals surface area (Å²) in [6, 6.07) is 5.70. The van der Waals surface area contributed by atoms with Crippen molar-refractivity contribution < 1.29 is 4.79 Å². The highest BCUT2D eigenvalue weighted by Gasteiger charge is 2.20. The molecule has 128 valence electrons. The predicted molar refractivity (Wildman–Crippen MR) is 95.3 cm³/mol. The first-order chi connectivity index (χ1) is 11.6. The van der Waals surface area contributed by atoms with E-state index in [0.717, 1.165) is 24.5 Å². The number of benzene rings is 1. The normalized spacial score (nSPS) is 17.8. The monoisotopic (exact) mass is 347 g/mol. The standard InChI is InChI=1S/C17H22ClN5O/c1-13-3-2-7-23(10-13)16-5-4-14(18)9-15(16)21-17(24)6-8-22-11-19-20-12-22/h4-5,9,11-13H,2-3,6-8,10H2,1H3,(H,21,24). The van der Waals surface area contributed by atoms with Crippen LogP contribution in [0.2, 0.25) is 5.02 Å². The minimum absolute atomic E-state index is 0.0442. The Balaban J connectivity index is 1.69. The largest absolute Gasteiger partial charge is 0.370 e. The highest BCUT2D eigenvalue weighted by atomic mass is 35.5. The number of anilines is 2. The Hall–Kier alpha value is -2.08. The van der Waals surface area contributed by atoms with Gasteiger partial charge in [-0.2, -0.15) is 0 Å². The van der Waals surface area contributed by atoms with Crippen molar-refractivity contribution in [3.05, 3.63) is 35.9 Å². The van der Waals surface area contributed by atoms with E-state index in [9.17, 15) is 4.79 Å². The average molecular weight is 348 g/mol. The zero-order valence-electron chi connectivity index (χ0n) is 13.8. The maximum Gasteiger partial charge on any atom is 0.226 e. The number of carbonyl (C=O) groups excluding carboxylic acids is 1. The summed E-state index contributed by atoms with van der Waals surface area (Å²) >= 11 is 6.14. The summed E-state index contributed by atoms with van der Waals surface area (Å²) in [5.74, 6) is 0.615. The number of piperidine rings is 1. The van der Waals surface area contributed by atoms with Crippen molar-refractivity contribution in [3.8, 4) is 0 Å². The van der Waals surface area contributed by atoms with E-state index < -0.39 is 0 Å². The lowest BCUT2D eigenvalue weighted by molar-refractivity contribution is -0.116. The first-order valence-corrected chi connectivity index (χ1v) is 8.66. The van der Waals surface area contributed by atoms with Crippen molar-refractivity contribution in [1.82, 2.24) is 14.8 Å². The van der Waals surface area contributed by atoms with Crippen LogP contribution in [0.5, 0.6) is 0 Å². The molecule has 0 aliphatic carbocycles. The summed E-state index contributed by atoms with van der Waals surface area (Å²) in [6.45, 7) is 4.83.